The number of amides is 1. The van der Waals surface area contributed by atoms with Crippen molar-refractivity contribution in [3.8, 4) is 0 Å². The topological polar surface area (TPSA) is 68.3 Å². The van der Waals surface area contributed by atoms with Crippen molar-refractivity contribution < 1.29 is 9.69 Å². The van der Waals surface area contributed by atoms with Crippen molar-refractivity contribution in [2.45, 2.75) is 46.2 Å². The number of carbonyl (C=O) groups is 1. The van der Waals surface area contributed by atoms with Crippen LogP contribution in [-0.2, 0) is 5.54 Å². The van der Waals surface area contributed by atoms with Crippen LogP contribution in [0.3, 0.4) is 0 Å². The Bertz CT molecular complexity index is 1260. The van der Waals surface area contributed by atoms with Gasteiger partial charge in [-0.05, 0) is 59.5 Å². The highest BCUT2D eigenvalue weighted by Gasteiger charge is 2.42. The number of carbonyl (C=O) groups excluding carboxylic acids is 1. The van der Waals surface area contributed by atoms with E-state index in [4.69, 9.17) is 23.2 Å². The van der Waals surface area contributed by atoms with E-state index in [2.05, 4.69) is 56.2 Å². The maximum atomic E-state index is 12.9. The smallest absolute Gasteiger partial charge is 0.254 e. The Hall–Kier alpha value is -2.74. The molecule has 1 saturated heterocycles. The van der Waals surface area contributed by atoms with Gasteiger partial charge in [0.15, 0.2) is 5.54 Å². The molecule has 1 aromatic heterocycles. The molecule has 196 valence electrons. The molecule has 0 spiro atoms. The fourth-order valence-corrected chi connectivity index (χ4v) is 5.36. The van der Waals surface area contributed by atoms with Gasteiger partial charge in [0, 0.05) is 15.6 Å². The van der Waals surface area contributed by atoms with E-state index in [9.17, 15) is 4.79 Å². The summed E-state index contributed by atoms with van der Waals surface area (Å²) in [6.45, 7) is 13.9. The Balaban J connectivity index is 1.55. The van der Waals surface area contributed by atoms with Gasteiger partial charge in [-0.2, -0.15) is 0 Å². The summed E-state index contributed by atoms with van der Waals surface area (Å²) in [5.41, 5.74) is 1.10. The molecule has 1 aliphatic heterocycles. The number of hydrogen-bond donors (Lipinski definition) is 1. The van der Waals surface area contributed by atoms with Crippen LogP contribution < -0.4 is 4.90 Å². The third kappa shape index (κ3) is 6.06. The van der Waals surface area contributed by atoms with Crippen LogP contribution in [0.25, 0.3) is 6.08 Å². The Morgan fingerprint density at radius 1 is 1.03 bits per heavy atom. The maximum absolute atomic E-state index is 12.9. The normalized spacial score (nSPS) is 16.4. The predicted molar refractivity (Wildman–Crippen MR) is 148 cm³/mol. The summed E-state index contributed by atoms with van der Waals surface area (Å²) < 4.78 is 1.94. The average molecular weight is 543 g/mol. The monoisotopic (exact) mass is 541 g/mol. The third-order valence-electron chi connectivity index (χ3n) is 7.18. The lowest BCUT2D eigenvalue weighted by molar-refractivity contribution is -0.961. The van der Waals surface area contributed by atoms with Gasteiger partial charge in [0.05, 0.1) is 32.2 Å². The Kier molecular flexibility index (Phi) is 8.07. The van der Waals surface area contributed by atoms with E-state index >= 15 is 0 Å². The van der Waals surface area contributed by atoms with Crippen molar-refractivity contribution >= 4 is 35.2 Å². The van der Waals surface area contributed by atoms with Gasteiger partial charge in [0.1, 0.15) is 0 Å². The van der Waals surface area contributed by atoms with Gasteiger partial charge in [-0.3, -0.25) is 4.79 Å². The summed E-state index contributed by atoms with van der Waals surface area (Å²) in [5, 5.41) is 14.2. The first-order valence-corrected chi connectivity index (χ1v) is 13.3. The molecule has 2 heterocycles. The number of nitrogens with one attached hydrogen (secondary N) is 1. The highest BCUT2D eigenvalue weighted by Crippen LogP contribution is 2.34. The minimum atomic E-state index is -0.360. The number of nitrogens with zero attached hydrogens (tertiary/aromatic N) is 5. The van der Waals surface area contributed by atoms with Crippen molar-refractivity contribution in [2.75, 3.05) is 26.2 Å². The van der Waals surface area contributed by atoms with Crippen LogP contribution in [0.4, 0.5) is 0 Å². The van der Waals surface area contributed by atoms with Gasteiger partial charge < -0.3 is 9.80 Å². The lowest BCUT2D eigenvalue weighted by Gasteiger charge is -2.41. The lowest BCUT2D eigenvalue weighted by Crippen LogP contribution is -3.20. The number of rotatable bonds is 6. The van der Waals surface area contributed by atoms with E-state index in [1.807, 2.05) is 58.1 Å². The standard InChI is InChI=1S/C28H34Cl2N6O/c1-27(2,3)24(14-12-20-11-13-22(29)19-23(20)30)36-26(31-32-33-36)28(4,5)35-17-15-34(16-18-35)25(37)21-9-7-6-8-10-21/h6-14,19,24H,15-18H2,1-5H3/p+1/t24-/m1/s1. The van der Waals surface area contributed by atoms with E-state index in [1.165, 1.54) is 4.90 Å². The number of piperazine rings is 1. The first kappa shape index (κ1) is 27.3. The van der Waals surface area contributed by atoms with Crippen LogP contribution in [-0.4, -0.2) is 57.2 Å². The van der Waals surface area contributed by atoms with E-state index in [1.54, 1.807) is 6.07 Å². The fraction of sp³-hybridized carbons (Fsp3) is 0.429. The Labute approximate surface area is 229 Å². The first-order chi connectivity index (χ1) is 17.5. The number of halogens is 2. The minimum absolute atomic E-state index is 0.0843. The molecule has 0 saturated carbocycles. The summed E-state index contributed by atoms with van der Waals surface area (Å²) in [7, 11) is 0. The van der Waals surface area contributed by atoms with Crippen molar-refractivity contribution in [1.29, 1.82) is 0 Å². The van der Waals surface area contributed by atoms with Crippen molar-refractivity contribution in [3.63, 3.8) is 0 Å². The molecule has 1 aliphatic rings. The highest BCUT2D eigenvalue weighted by atomic mass is 35.5. The van der Waals surface area contributed by atoms with E-state index in [-0.39, 0.29) is 22.9 Å². The second-order valence-corrected chi connectivity index (χ2v) is 12.0. The molecule has 1 atom stereocenters. The first-order valence-electron chi connectivity index (χ1n) is 12.6. The zero-order valence-corrected chi connectivity index (χ0v) is 23.6. The zero-order valence-electron chi connectivity index (χ0n) is 22.1. The minimum Gasteiger partial charge on any atom is -0.327 e. The molecule has 1 N–H and O–H groups in total. The van der Waals surface area contributed by atoms with Crippen LogP contribution >= 0.6 is 23.2 Å². The van der Waals surface area contributed by atoms with Crippen molar-refractivity contribution in [2.24, 2.45) is 5.41 Å². The second kappa shape index (κ2) is 10.9. The number of aromatic nitrogens is 4. The summed E-state index contributed by atoms with van der Waals surface area (Å²) in [6, 6.07) is 14.8. The molecule has 0 unspecified atom stereocenters. The molecule has 2 aromatic carbocycles. The molecule has 1 amide bonds. The zero-order chi connectivity index (χ0) is 26.8. The summed E-state index contributed by atoms with van der Waals surface area (Å²) >= 11 is 12.5. The van der Waals surface area contributed by atoms with Crippen molar-refractivity contribution in [3.05, 3.63) is 81.6 Å². The van der Waals surface area contributed by atoms with Gasteiger partial charge in [-0.15, -0.1) is 5.10 Å². The quantitative estimate of drug-likeness (QED) is 0.496. The van der Waals surface area contributed by atoms with Crippen molar-refractivity contribution in [1.82, 2.24) is 25.1 Å². The fourth-order valence-electron chi connectivity index (χ4n) is 4.89. The summed E-state index contributed by atoms with van der Waals surface area (Å²) in [6.07, 6.45) is 4.12. The number of quaternary nitrogens is 1. The van der Waals surface area contributed by atoms with E-state index in [0.717, 1.165) is 30.0 Å². The van der Waals surface area contributed by atoms with Crippen LogP contribution in [0.15, 0.2) is 54.6 Å². The molecular weight excluding hydrogens is 507 g/mol. The van der Waals surface area contributed by atoms with Gasteiger partial charge in [-0.1, -0.05) is 80.4 Å². The molecule has 9 heteroatoms. The van der Waals surface area contributed by atoms with E-state index < -0.39 is 0 Å². The third-order valence-corrected chi connectivity index (χ3v) is 7.74. The number of allylic oxidation sites excluding steroid dienone is 1. The second-order valence-electron chi connectivity index (χ2n) is 11.2. The van der Waals surface area contributed by atoms with Crippen LogP contribution in [0, 0.1) is 5.41 Å². The average Bonchev–Trinajstić information content (AvgIpc) is 3.35. The van der Waals surface area contributed by atoms with Gasteiger partial charge in [-0.25, -0.2) is 4.68 Å². The Morgan fingerprint density at radius 2 is 1.70 bits per heavy atom. The molecule has 0 aliphatic carbocycles. The SMILES string of the molecule is CC(C)(C)[C@@H](C=Cc1ccc(Cl)cc1Cl)n1nnnc1C(C)(C)[NH+]1CCN(C(=O)c2ccccc2)CC1. The number of tetrazole rings is 1. The number of benzene rings is 2. The van der Waals surface area contributed by atoms with Crippen LogP contribution in [0.1, 0.15) is 62.4 Å². The molecule has 4 rings (SSSR count). The largest absolute Gasteiger partial charge is 0.327 e. The molecule has 0 bridgehead atoms. The van der Waals surface area contributed by atoms with Gasteiger partial charge in [0.2, 0.25) is 5.82 Å². The molecule has 1 fully saturated rings. The van der Waals surface area contributed by atoms with Gasteiger partial charge >= 0.3 is 0 Å². The van der Waals surface area contributed by atoms with Crippen LogP contribution in [0.5, 0.6) is 0 Å². The molecule has 7 nitrogen and oxygen atoms in total. The van der Waals surface area contributed by atoms with E-state index in [0.29, 0.717) is 23.1 Å². The highest BCUT2D eigenvalue weighted by molar-refractivity contribution is 6.35. The van der Waals surface area contributed by atoms with Crippen LogP contribution in [0.2, 0.25) is 10.0 Å². The Morgan fingerprint density at radius 3 is 2.32 bits per heavy atom. The molecule has 3 aromatic rings. The van der Waals surface area contributed by atoms with Gasteiger partial charge in [0.25, 0.3) is 5.91 Å². The maximum Gasteiger partial charge on any atom is 0.254 e. The number of hydrogen-bond acceptors (Lipinski definition) is 4. The summed E-state index contributed by atoms with van der Waals surface area (Å²) in [4.78, 5) is 16.2. The summed E-state index contributed by atoms with van der Waals surface area (Å²) in [5.74, 6) is 0.901. The lowest BCUT2D eigenvalue weighted by atomic mass is 9.85. The molecule has 0 radical (unpaired) electrons. The molecule has 37 heavy (non-hydrogen) atoms. The molecular formula is C28H35Cl2N6O+. The predicted octanol–water partition coefficient (Wildman–Crippen LogP) is 4.56.